The van der Waals surface area contributed by atoms with Crippen molar-refractivity contribution >= 4 is 21.6 Å². The van der Waals surface area contributed by atoms with Gasteiger partial charge in [0.15, 0.2) is 0 Å². The topological polar surface area (TPSA) is 66.5 Å². The maximum absolute atomic E-state index is 13.2. The number of rotatable bonds is 7. The first kappa shape index (κ1) is 18.9. The highest BCUT2D eigenvalue weighted by Crippen LogP contribution is 2.22. The van der Waals surface area contributed by atoms with E-state index in [2.05, 4.69) is 5.32 Å². The van der Waals surface area contributed by atoms with Crippen LogP contribution in [0.3, 0.4) is 0 Å². The van der Waals surface area contributed by atoms with Gasteiger partial charge in [-0.3, -0.25) is 9.10 Å². The molecule has 7 heteroatoms. The Bertz CT molecular complexity index is 853. The summed E-state index contributed by atoms with van der Waals surface area (Å²) < 4.78 is 38.8. The maximum Gasteiger partial charge on any atom is 0.251 e. The fourth-order valence-electron chi connectivity index (χ4n) is 2.52. The van der Waals surface area contributed by atoms with Gasteiger partial charge in [-0.2, -0.15) is 0 Å². The zero-order valence-corrected chi connectivity index (χ0v) is 15.0. The fourth-order valence-corrected chi connectivity index (χ4v) is 3.48. The van der Waals surface area contributed by atoms with Crippen LogP contribution >= 0.6 is 0 Å². The van der Waals surface area contributed by atoms with Crippen molar-refractivity contribution in [3.05, 3.63) is 65.5 Å². The predicted octanol–water partition coefficient (Wildman–Crippen LogP) is 2.58. The Balaban J connectivity index is 2.10. The van der Waals surface area contributed by atoms with Crippen molar-refractivity contribution in [3.8, 4) is 0 Å². The number of benzene rings is 2. The van der Waals surface area contributed by atoms with Crippen molar-refractivity contribution in [2.45, 2.75) is 13.3 Å². The van der Waals surface area contributed by atoms with Crippen molar-refractivity contribution in [1.82, 2.24) is 5.32 Å². The molecule has 2 aromatic rings. The molecule has 0 bridgehead atoms. The lowest BCUT2D eigenvalue weighted by Crippen LogP contribution is -2.38. The van der Waals surface area contributed by atoms with E-state index in [4.69, 9.17) is 0 Å². The highest BCUT2D eigenvalue weighted by atomic mass is 32.2. The zero-order valence-electron chi connectivity index (χ0n) is 14.2. The minimum absolute atomic E-state index is 0.0941. The van der Waals surface area contributed by atoms with E-state index < -0.39 is 21.7 Å². The zero-order chi connectivity index (χ0) is 18.4. The minimum atomic E-state index is -3.50. The number of sulfonamides is 1. The fraction of sp³-hybridized carbons (Fsp3) is 0.278. The van der Waals surface area contributed by atoms with Crippen LogP contribution in [0, 0.1) is 5.82 Å². The van der Waals surface area contributed by atoms with Gasteiger partial charge >= 0.3 is 0 Å². The summed E-state index contributed by atoms with van der Waals surface area (Å²) in [6.45, 7) is 2.16. The second-order valence-electron chi connectivity index (χ2n) is 5.58. The van der Waals surface area contributed by atoms with Gasteiger partial charge in [0.2, 0.25) is 10.0 Å². The summed E-state index contributed by atoms with van der Waals surface area (Å²) in [5.74, 6) is -0.945. The third-order valence-electron chi connectivity index (χ3n) is 3.73. The Morgan fingerprint density at radius 1 is 1.16 bits per heavy atom. The second-order valence-corrected chi connectivity index (χ2v) is 7.49. The Hall–Kier alpha value is -2.41. The van der Waals surface area contributed by atoms with E-state index in [0.717, 1.165) is 17.9 Å². The highest BCUT2D eigenvalue weighted by molar-refractivity contribution is 7.92. The molecule has 2 aromatic carbocycles. The predicted molar refractivity (Wildman–Crippen MR) is 96.7 cm³/mol. The van der Waals surface area contributed by atoms with E-state index in [1.807, 2.05) is 19.1 Å². The summed E-state index contributed by atoms with van der Waals surface area (Å²) in [5.41, 5.74) is 1.71. The molecule has 0 radical (unpaired) electrons. The van der Waals surface area contributed by atoms with Crippen molar-refractivity contribution in [2.75, 3.05) is 23.7 Å². The number of hydrogen-bond donors (Lipinski definition) is 1. The van der Waals surface area contributed by atoms with Crippen LogP contribution in [0.2, 0.25) is 0 Å². The minimum Gasteiger partial charge on any atom is -0.350 e. The summed E-state index contributed by atoms with van der Waals surface area (Å²) in [7, 11) is -3.50. The standard InChI is InChI=1S/C18H21FN2O3S/c1-3-14-7-4-5-10-17(14)21(25(2,23)24)12-11-20-18(22)15-8-6-9-16(19)13-15/h4-10,13H,3,11-12H2,1-2H3,(H,20,22). The average Bonchev–Trinajstić information content (AvgIpc) is 2.57. The van der Waals surface area contributed by atoms with Gasteiger partial charge in [0, 0.05) is 12.1 Å². The molecule has 1 N–H and O–H groups in total. The second kappa shape index (κ2) is 8.11. The molecule has 1 amide bonds. The summed E-state index contributed by atoms with van der Waals surface area (Å²) in [4.78, 5) is 12.0. The molecule has 5 nitrogen and oxygen atoms in total. The van der Waals surface area contributed by atoms with Crippen LogP contribution < -0.4 is 9.62 Å². The molecular formula is C18H21FN2O3S. The Morgan fingerprint density at radius 2 is 1.88 bits per heavy atom. The van der Waals surface area contributed by atoms with E-state index in [1.165, 1.54) is 22.5 Å². The molecule has 0 aromatic heterocycles. The van der Waals surface area contributed by atoms with Crippen molar-refractivity contribution in [1.29, 1.82) is 0 Å². The first-order valence-electron chi connectivity index (χ1n) is 7.92. The number of halogens is 1. The lowest BCUT2D eigenvalue weighted by atomic mass is 10.1. The summed E-state index contributed by atoms with van der Waals surface area (Å²) in [5, 5.41) is 2.62. The molecule has 0 saturated carbocycles. The van der Waals surface area contributed by atoms with Gasteiger partial charge in [-0.15, -0.1) is 0 Å². The SMILES string of the molecule is CCc1ccccc1N(CCNC(=O)c1cccc(F)c1)S(C)(=O)=O. The van der Waals surface area contributed by atoms with Crippen LogP contribution in [-0.2, 0) is 16.4 Å². The molecule has 0 aliphatic rings. The Kier molecular flexibility index (Phi) is 6.14. The van der Waals surface area contributed by atoms with Crippen LogP contribution in [0.15, 0.2) is 48.5 Å². The molecule has 2 rings (SSSR count). The lowest BCUT2D eigenvalue weighted by molar-refractivity contribution is 0.0954. The molecule has 0 aliphatic carbocycles. The normalized spacial score (nSPS) is 11.2. The first-order valence-corrected chi connectivity index (χ1v) is 9.77. The highest BCUT2D eigenvalue weighted by Gasteiger charge is 2.19. The smallest absolute Gasteiger partial charge is 0.251 e. The van der Waals surface area contributed by atoms with Gasteiger partial charge in [-0.1, -0.05) is 31.2 Å². The number of para-hydroxylation sites is 1. The molecule has 0 aliphatic heterocycles. The first-order chi connectivity index (χ1) is 11.8. The van der Waals surface area contributed by atoms with Crippen LogP contribution in [-0.4, -0.2) is 33.7 Å². The number of carbonyl (C=O) groups is 1. The largest absolute Gasteiger partial charge is 0.350 e. The third kappa shape index (κ3) is 5.03. The van der Waals surface area contributed by atoms with Crippen LogP contribution in [0.5, 0.6) is 0 Å². The third-order valence-corrected chi connectivity index (χ3v) is 4.91. The van der Waals surface area contributed by atoms with Gasteiger partial charge in [-0.05, 0) is 36.2 Å². The molecule has 0 fully saturated rings. The monoisotopic (exact) mass is 364 g/mol. The molecule has 0 spiro atoms. The number of nitrogens with zero attached hydrogens (tertiary/aromatic N) is 1. The van der Waals surface area contributed by atoms with Crippen molar-refractivity contribution in [2.24, 2.45) is 0 Å². The number of carbonyl (C=O) groups excluding carboxylic acids is 1. The Labute approximate surface area is 147 Å². The number of anilines is 1. The van der Waals surface area contributed by atoms with E-state index in [9.17, 15) is 17.6 Å². The average molecular weight is 364 g/mol. The van der Waals surface area contributed by atoms with Gasteiger partial charge < -0.3 is 5.32 Å². The van der Waals surface area contributed by atoms with Crippen LogP contribution in [0.4, 0.5) is 10.1 Å². The van der Waals surface area contributed by atoms with Crippen molar-refractivity contribution in [3.63, 3.8) is 0 Å². The van der Waals surface area contributed by atoms with Gasteiger partial charge in [0.05, 0.1) is 18.5 Å². The Morgan fingerprint density at radius 3 is 2.52 bits per heavy atom. The van der Waals surface area contributed by atoms with E-state index in [-0.39, 0.29) is 18.7 Å². The maximum atomic E-state index is 13.2. The summed E-state index contributed by atoms with van der Waals surface area (Å²) in [6, 6.07) is 12.6. The van der Waals surface area contributed by atoms with Gasteiger partial charge in [0.25, 0.3) is 5.91 Å². The summed E-state index contributed by atoms with van der Waals surface area (Å²) in [6.07, 6.45) is 1.83. The van der Waals surface area contributed by atoms with Crippen LogP contribution in [0.1, 0.15) is 22.8 Å². The van der Waals surface area contributed by atoms with Gasteiger partial charge in [-0.25, -0.2) is 12.8 Å². The van der Waals surface area contributed by atoms with E-state index >= 15 is 0 Å². The number of nitrogens with one attached hydrogen (secondary N) is 1. The quantitative estimate of drug-likeness (QED) is 0.821. The van der Waals surface area contributed by atoms with E-state index in [0.29, 0.717) is 12.1 Å². The molecule has 0 unspecified atom stereocenters. The summed E-state index contributed by atoms with van der Waals surface area (Å²) >= 11 is 0. The molecule has 0 heterocycles. The molecule has 25 heavy (non-hydrogen) atoms. The van der Waals surface area contributed by atoms with Crippen LogP contribution in [0.25, 0.3) is 0 Å². The molecule has 134 valence electrons. The lowest BCUT2D eigenvalue weighted by Gasteiger charge is -2.24. The number of hydrogen-bond acceptors (Lipinski definition) is 3. The number of aryl methyl sites for hydroxylation is 1. The van der Waals surface area contributed by atoms with Gasteiger partial charge in [0.1, 0.15) is 5.82 Å². The number of amides is 1. The molecule has 0 atom stereocenters. The van der Waals surface area contributed by atoms with E-state index in [1.54, 1.807) is 12.1 Å². The molecule has 0 saturated heterocycles. The molecular weight excluding hydrogens is 343 g/mol. The van der Waals surface area contributed by atoms with Crippen molar-refractivity contribution < 1.29 is 17.6 Å².